The Bertz CT molecular complexity index is 441. The van der Waals surface area contributed by atoms with E-state index < -0.39 is 4.92 Å². The molecule has 2 rings (SSSR count). The van der Waals surface area contributed by atoms with Crippen molar-refractivity contribution in [3.8, 4) is 0 Å². The van der Waals surface area contributed by atoms with Crippen LogP contribution in [-0.4, -0.2) is 15.9 Å². The van der Waals surface area contributed by atoms with Gasteiger partial charge in [-0.25, -0.2) is 4.98 Å². The number of hydrogen-bond acceptors (Lipinski definition) is 4. The molecule has 6 heteroatoms. The molecule has 1 saturated carbocycles. The van der Waals surface area contributed by atoms with Crippen molar-refractivity contribution in [3.05, 3.63) is 51.1 Å². The summed E-state index contributed by atoms with van der Waals surface area (Å²) in [6.07, 6.45) is 5.28. The van der Waals surface area contributed by atoms with Crippen LogP contribution in [0, 0.1) is 10.1 Å². The van der Waals surface area contributed by atoms with Crippen LogP contribution >= 0.6 is 11.6 Å². The standard InChI is InChI=1S/C11H12ClN3O2/c12-11-4-1-8(6-13-11)5-10(7-15(16)17)14-9-2-3-9/h1,4,6-7,9,14H,2-3,5H2. The second-order valence-electron chi connectivity index (χ2n) is 4.02. The van der Waals surface area contributed by atoms with E-state index in [-0.39, 0.29) is 0 Å². The van der Waals surface area contributed by atoms with Crippen LogP contribution in [0.1, 0.15) is 18.4 Å². The SMILES string of the molecule is O=[N+]([O-])C=C(Cc1ccc(Cl)nc1)NC1CC1. The number of pyridine rings is 1. The van der Waals surface area contributed by atoms with E-state index in [1.807, 2.05) is 6.07 Å². The molecular formula is C11H12ClN3O2. The third kappa shape index (κ3) is 4.03. The number of nitrogens with one attached hydrogen (secondary N) is 1. The van der Waals surface area contributed by atoms with E-state index in [4.69, 9.17) is 11.6 Å². The van der Waals surface area contributed by atoms with Gasteiger partial charge >= 0.3 is 0 Å². The summed E-state index contributed by atoms with van der Waals surface area (Å²) in [6, 6.07) is 3.89. The van der Waals surface area contributed by atoms with Gasteiger partial charge in [0.2, 0.25) is 0 Å². The molecule has 1 N–H and O–H groups in total. The molecule has 0 spiro atoms. The van der Waals surface area contributed by atoms with Crippen molar-refractivity contribution in [3.63, 3.8) is 0 Å². The zero-order valence-corrected chi connectivity index (χ0v) is 9.85. The summed E-state index contributed by atoms with van der Waals surface area (Å²) in [4.78, 5) is 14.0. The fourth-order valence-electron chi connectivity index (χ4n) is 1.48. The Morgan fingerprint density at radius 1 is 1.65 bits per heavy atom. The van der Waals surface area contributed by atoms with E-state index >= 15 is 0 Å². The maximum Gasteiger partial charge on any atom is 0.253 e. The molecular weight excluding hydrogens is 242 g/mol. The third-order valence-electron chi connectivity index (χ3n) is 2.41. The van der Waals surface area contributed by atoms with Gasteiger partial charge in [0.15, 0.2) is 0 Å². The fraction of sp³-hybridized carbons (Fsp3) is 0.364. The molecule has 17 heavy (non-hydrogen) atoms. The minimum Gasteiger partial charge on any atom is -0.380 e. The van der Waals surface area contributed by atoms with Gasteiger partial charge in [0.05, 0.1) is 10.6 Å². The average molecular weight is 254 g/mol. The third-order valence-corrected chi connectivity index (χ3v) is 2.63. The first-order chi connectivity index (χ1) is 8.13. The largest absolute Gasteiger partial charge is 0.380 e. The smallest absolute Gasteiger partial charge is 0.253 e. The number of rotatable bonds is 5. The lowest BCUT2D eigenvalue weighted by atomic mass is 10.1. The molecule has 1 aliphatic carbocycles. The molecule has 1 aromatic rings. The fourth-order valence-corrected chi connectivity index (χ4v) is 1.59. The van der Waals surface area contributed by atoms with E-state index in [0.717, 1.165) is 24.6 Å². The highest BCUT2D eigenvalue weighted by Gasteiger charge is 2.22. The number of nitro groups is 1. The molecule has 90 valence electrons. The van der Waals surface area contributed by atoms with Crippen LogP contribution in [-0.2, 0) is 6.42 Å². The van der Waals surface area contributed by atoms with E-state index in [1.54, 1.807) is 12.3 Å². The molecule has 5 nitrogen and oxygen atoms in total. The number of aromatic nitrogens is 1. The van der Waals surface area contributed by atoms with Gasteiger partial charge in [-0.3, -0.25) is 10.1 Å². The Morgan fingerprint density at radius 2 is 2.41 bits per heavy atom. The molecule has 0 saturated heterocycles. The lowest BCUT2D eigenvalue weighted by molar-refractivity contribution is -0.403. The van der Waals surface area contributed by atoms with Crippen LogP contribution in [0.25, 0.3) is 0 Å². The Morgan fingerprint density at radius 3 is 2.94 bits per heavy atom. The van der Waals surface area contributed by atoms with Crippen molar-refractivity contribution < 1.29 is 4.92 Å². The molecule has 0 bridgehead atoms. The maximum absolute atomic E-state index is 10.5. The van der Waals surface area contributed by atoms with Crippen LogP contribution in [0.15, 0.2) is 30.2 Å². The Hall–Kier alpha value is -1.62. The predicted molar refractivity (Wildman–Crippen MR) is 64.2 cm³/mol. The zero-order valence-electron chi connectivity index (χ0n) is 9.10. The molecule has 0 radical (unpaired) electrons. The quantitative estimate of drug-likeness (QED) is 0.496. The summed E-state index contributed by atoms with van der Waals surface area (Å²) in [6.45, 7) is 0. The van der Waals surface area contributed by atoms with Gasteiger partial charge in [0.1, 0.15) is 5.15 Å². The number of hydrogen-bond donors (Lipinski definition) is 1. The van der Waals surface area contributed by atoms with Crippen molar-refractivity contribution in [1.29, 1.82) is 0 Å². The Labute approximate surface area is 104 Å². The highest BCUT2D eigenvalue weighted by atomic mass is 35.5. The summed E-state index contributed by atoms with van der Waals surface area (Å²) >= 11 is 5.68. The van der Waals surface area contributed by atoms with Crippen molar-refractivity contribution in [1.82, 2.24) is 10.3 Å². The molecule has 1 heterocycles. The second kappa shape index (κ2) is 5.14. The predicted octanol–water partition coefficient (Wildman–Crippen LogP) is 2.15. The first-order valence-corrected chi connectivity index (χ1v) is 5.72. The summed E-state index contributed by atoms with van der Waals surface area (Å²) in [5.41, 5.74) is 1.51. The van der Waals surface area contributed by atoms with Crippen LogP contribution in [0.3, 0.4) is 0 Å². The monoisotopic (exact) mass is 253 g/mol. The van der Waals surface area contributed by atoms with Crippen molar-refractivity contribution in [2.75, 3.05) is 0 Å². The lowest BCUT2D eigenvalue weighted by Crippen LogP contribution is -2.18. The topological polar surface area (TPSA) is 68.1 Å². The highest BCUT2D eigenvalue weighted by molar-refractivity contribution is 6.29. The van der Waals surface area contributed by atoms with Gasteiger partial charge < -0.3 is 5.32 Å². The number of nitrogens with zero attached hydrogens (tertiary/aromatic N) is 2. The molecule has 1 fully saturated rings. The van der Waals surface area contributed by atoms with Gasteiger partial charge in [-0.05, 0) is 24.5 Å². The van der Waals surface area contributed by atoms with Crippen LogP contribution in [0.5, 0.6) is 0 Å². The summed E-state index contributed by atoms with van der Waals surface area (Å²) in [5.74, 6) is 0. The number of halogens is 1. The van der Waals surface area contributed by atoms with Crippen LogP contribution in [0.4, 0.5) is 0 Å². The Balaban J connectivity index is 2.05. The Kier molecular flexibility index (Phi) is 3.58. The molecule has 0 unspecified atom stereocenters. The van der Waals surface area contributed by atoms with Crippen LogP contribution < -0.4 is 5.32 Å². The van der Waals surface area contributed by atoms with Gasteiger partial charge in [-0.1, -0.05) is 17.7 Å². The molecule has 0 aliphatic heterocycles. The molecule has 0 aromatic carbocycles. The molecule has 1 aliphatic rings. The summed E-state index contributed by atoms with van der Waals surface area (Å²) in [5, 5.41) is 14.1. The second-order valence-corrected chi connectivity index (χ2v) is 4.41. The minimum absolute atomic E-state index is 0.390. The summed E-state index contributed by atoms with van der Waals surface area (Å²) in [7, 11) is 0. The van der Waals surface area contributed by atoms with Crippen molar-refractivity contribution >= 4 is 11.6 Å². The lowest BCUT2D eigenvalue weighted by Gasteiger charge is -2.07. The average Bonchev–Trinajstić information content (AvgIpc) is 3.04. The zero-order chi connectivity index (χ0) is 12.3. The number of allylic oxidation sites excluding steroid dienone is 1. The first kappa shape index (κ1) is 11.9. The van der Waals surface area contributed by atoms with E-state index in [0.29, 0.717) is 23.3 Å². The molecule has 0 amide bonds. The summed E-state index contributed by atoms with van der Waals surface area (Å²) < 4.78 is 0. The van der Waals surface area contributed by atoms with Crippen molar-refractivity contribution in [2.45, 2.75) is 25.3 Å². The normalized spacial score (nSPS) is 15.7. The van der Waals surface area contributed by atoms with Gasteiger partial charge in [0, 0.05) is 18.7 Å². The molecule has 0 atom stereocenters. The highest BCUT2D eigenvalue weighted by Crippen LogP contribution is 2.21. The van der Waals surface area contributed by atoms with Gasteiger partial charge in [-0.2, -0.15) is 0 Å². The first-order valence-electron chi connectivity index (χ1n) is 5.34. The van der Waals surface area contributed by atoms with Crippen LogP contribution in [0.2, 0.25) is 5.15 Å². The van der Waals surface area contributed by atoms with Crippen molar-refractivity contribution in [2.24, 2.45) is 0 Å². The molecule has 1 aromatic heterocycles. The van der Waals surface area contributed by atoms with E-state index in [1.165, 1.54) is 0 Å². The maximum atomic E-state index is 10.5. The van der Waals surface area contributed by atoms with E-state index in [9.17, 15) is 10.1 Å². The van der Waals surface area contributed by atoms with E-state index in [2.05, 4.69) is 10.3 Å². The van der Waals surface area contributed by atoms with Gasteiger partial charge in [0.25, 0.3) is 6.20 Å². The minimum atomic E-state index is -0.436. The van der Waals surface area contributed by atoms with Gasteiger partial charge in [-0.15, -0.1) is 0 Å².